The van der Waals surface area contributed by atoms with Crippen molar-refractivity contribution in [1.82, 2.24) is 0 Å². The maximum atomic E-state index is 14.1. The number of anilines is 2. The van der Waals surface area contributed by atoms with Gasteiger partial charge in [0.25, 0.3) is 0 Å². The summed E-state index contributed by atoms with van der Waals surface area (Å²) in [6.45, 7) is 3.39. The molecular formula is C25H23F2N3O3. The molecule has 0 fully saturated rings. The van der Waals surface area contributed by atoms with Crippen molar-refractivity contribution in [1.29, 1.82) is 0 Å². The van der Waals surface area contributed by atoms with Crippen LogP contribution in [-0.4, -0.2) is 24.6 Å². The Balaban J connectivity index is 1.77. The van der Waals surface area contributed by atoms with Gasteiger partial charge in [-0.25, -0.2) is 13.6 Å². The largest absolute Gasteiger partial charge is 0.419 e. The molecule has 1 heterocycles. The number of carbonyl (C=O) groups is 2. The highest BCUT2D eigenvalue weighted by Gasteiger charge is 2.35. The molecule has 2 aliphatic rings. The molecule has 0 radical (unpaired) electrons. The monoisotopic (exact) mass is 451 g/mol. The normalized spacial score (nSPS) is 17.6. The second kappa shape index (κ2) is 8.90. The van der Waals surface area contributed by atoms with Crippen molar-refractivity contribution in [2.24, 2.45) is 5.73 Å². The fraction of sp³-hybridized carbons (Fsp3) is 0.200. The minimum absolute atomic E-state index is 0.129. The van der Waals surface area contributed by atoms with Crippen molar-refractivity contribution < 1.29 is 23.1 Å². The van der Waals surface area contributed by atoms with Crippen LogP contribution in [0.15, 0.2) is 66.4 Å². The predicted molar refractivity (Wildman–Crippen MR) is 123 cm³/mol. The van der Waals surface area contributed by atoms with Crippen LogP contribution in [-0.2, 0) is 4.79 Å². The van der Waals surface area contributed by atoms with Crippen LogP contribution < -0.4 is 20.3 Å². The third-order valence-corrected chi connectivity index (χ3v) is 5.57. The molecule has 1 atom stereocenters. The summed E-state index contributed by atoms with van der Waals surface area (Å²) in [6.07, 6.45) is 7.34. The molecule has 2 aromatic carbocycles. The lowest BCUT2D eigenvalue weighted by Gasteiger charge is -2.40. The highest BCUT2D eigenvalue weighted by atomic mass is 19.1. The predicted octanol–water partition coefficient (Wildman–Crippen LogP) is 4.91. The molecule has 1 aliphatic heterocycles. The van der Waals surface area contributed by atoms with Crippen molar-refractivity contribution in [3.8, 4) is 5.75 Å². The summed E-state index contributed by atoms with van der Waals surface area (Å²) in [5.74, 6) is -2.32. The number of ether oxygens (including phenoxy) is 1. The summed E-state index contributed by atoms with van der Waals surface area (Å²) >= 11 is 0. The van der Waals surface area contributed by atoms with Crippen LogP contribution >= 0.6 is 0 Å². The quantitative estimate of drug-likeness (QED) is 0.704. The first-order valence-corrected chi connectivity index (χ1v) is 10.5. The van der Waals surface area contributed by atoms with E-state index >= 15 is 0 Å². The molecule has 0 saturated carbocycles. The third-order valence-electron chi connectivity index (χ3n) is 5.57. The Morgan fingerprint density at radius 2 is 1.88 bits per heavy atom. The molecule has 8 heteroatoms. The van der Waals surface area contributed by atoms with Gasteiger partial charge in [0.05, 0.1) is 17.4 Å². The second-order valence-electron chi connectivity index (χ2n) is 7.93. The zero-order chi connectivity index (χ0) is 23.7. The number of rotatable bonds is 2. The molecule has 33 heavy (non-hydrogen) atoms. The number of halogens is 2. The van der Waals surface area contributed by atoms with E-state index in [1.807, 2.05) is 30.4 Å². The maximum Gasteiger partial charge on any atom is 0.419 e. The molecular weight excluding hydrogens is 428 g/mol. The van der Waals surface area contributed by atoms with E-state index in [9.17, 15) is 18.4 Å². The number of hydrogen-bond donors (Lipinski definition) is 1. The first kappa shape index (κ1) is 22.3. The molecule has 170 valence electrons. The van der Waals surface area contributed by atoms with Crippen LogP contribution in [0, 0.1) is 11.6 Å². The fourth-order valence-electron chi connectivity index (χ4n) is 4.08. The van der Waals surface area contributed by atoms with Crippen molar-refractivity contribution in [3.05, 3.63) is 83.6 Å². The van der Waals surface area contributed by atoms with Crippen LogP contribution in [0.5, 0.6) is 5.75 Å². The smallest absolute Gasteiger partial charge is 0.407 e. The van der Waals surface area contributed by atoms with E-state index < -0.39 is 17.7 Å². The summed E-state index contributed by atoms with van der Waals surface area (Å²) in [7, 11) is 0. The minimum atomic E-state index is -0.984. The average Bonchev–Trinajstić information content (AvgIpc) is 2.98. The van der Waals surface area contributed by atoms with Crippen molar-refractivity contribution in [2.75, 3.05) is 16.3 Å². The Hall–Kier alpha value is -3.94. The third kappa shape index (κ3) is 4.37. The van der Waals surface area contributed by atoms with Crippen molar-refractivity contribution in [2.45, 2.75) is 26.3 Å². The summed E-state index contributed by atoms with van der Waals surface area (Å²) < 4.78 is 32.6. The van der Waals surface area contributed by atoms with E-state index in [0.717, 1.165) is 23.3 Å². The number of nitrogens with two attached hydrogens (primary N) is 1. The second-order valence-corrected chi connectivity index (χ2v) is 7.93. The number of benzene rings is 2. The lowest BCUT2D eigenvalue weighted by atomic mass is 9.98. The van der Waals surface area contributed by atoms with Gasteiger partial charge in [0.15, 0.2) is 11.6 Å². The molecule has 0 spiro atoms. The number of amides is 2. The van der Waals surface area contributed by atoms with Gasteiger partial charge in [0, 0.05) is 37.2 Å². The molecule has 2 amide bonds. The zero-order valence-corrected chi connectivity index (χ0v) is 18.2. The molecule has 0 aromatic heterocycles. The van der Waals surface area contributed by atoms with Gasteiger partial charge in [-0.3, -0.25) is 9.69 Å². The van der Waals surface area contributed by atoms with E-state index in [1.165, 1.54) is 11.8 Å². The number of nitrogens with zero attached hydrogens (tertiary/aromatic N) is 2. The zero-order valence-electron chi connectivity index (χ0n) is 18.2. The van der Waals surface area contributed by atoms with Crippen LogP contribution in [0.1, 0.15) is 25.8 Å². The van der Waals surface area contributed by atoms with E-state index in [2.05, 4.69) is 0 Å². The van der Waals surface area contributed by atoms with Gasteiger partial charge in [0.2, 0.25) is 5.91 Å². The molecule has 4 rings (SSSR count). The summed E-state index contributed by atoms with van der Waals surface area (Å²) in [5.41, 5.74) is 9.42. The topological polar surface area (TPSA) is 75.9 Å². The van der Waals surface area contributed by atoms with Gasteiger partial charge in [-0.1, -0.05) is 30.4 Å². The summed E-state index contributed by atoms with van der Waals surface area (Å²) in [4.78, 5) is 28.4. The number of carbonyl (C=O) groups excluding carboxylic acids is 2. The van der Waals surface area contributed by atoms with Crippen LogP contribution in [0.25, 0.3) is 5.57 Å². The molecule has 1 aliphatic carbocycles. The number of hydrogen-bond acceptors (Lipinski definition) is 4. The Bertz CT molecular complexity index is 1220. The van der Waals surface area contributed by atoms with E-state index in [4.69, 9.17) is 10.5 Å². The Morgan fingerprint density at radius 3 is 2.61 bits per heavy atom. The van der Waals surface area contributed by atoms with Crippen LogP contribution in [0.3, 0.4) is 0 Å². The lowest BCUT2D eigenvalue weighted by Crippen LogP contribution is -2.52. The number of fused-ring (bicyclic) bond motifs is 1. The first-order valence-electron chi connectivity index (χ1n) is 10.5. The molecule has 2 aromatic rings. The first-order chi connectivity index (χ1) is 15.8. The highest BCUT2D eigenvalue weighted by Crippen LogP contribution is 2.39. The SMILES string of the molecule is CC(=O)N1c2ccc(C3=C(N)CC=CC=C3)cc2N(C(=O)Oc2ccc(F)cc2F)C[C@@H]1C. The van der Waals surface area contributed by atoms with Gasteiger partial charge in [-0.15, -0.1) is 0 Å². The van der Waals surface area contributed by atoms with Crippen molar-refractivity contribution >= 4 is 28.9 Å². The van der Waals surface area contributed by atoms with Crippen molar-refractivity contribution in [3.63, 3.8) is 0 Å². The summed E-state index contributed by atoms with van der Waals surface area (Å²) in [6, 6.07) is 7.72. The molecule has 0 saturated heterocycles. The van der Waals surface area contributed by atoms with Crippen LogP contribution in [0.2, 0.25) is 0 Å². The van der Waals surface area contributed by atoms with E-state index in [-0.39, 0.29) is 24.2 Å². The van der Waals surface area contributed by atoms with Gasteiger partial charge in [-0.05, 0) is 36.8 Å². The lowest BCUT2D eigenvalue weighted by molar-refractivity contribution is -0.117. The maximum absolute atomic E-state index is 14.1. The van der Waals surface area contributed by atoms with Gasteiger partial charge in [-0.2, -0.15) is 0 Å². The standard InChI is InChI=1S/C25H23F2N3O3/c1-15-14-29(25(32)33-24-11-9-18(26)13-20(24)27)23-12-17(8-10-22(23)30(15)16(2)31)19-6-4-3-5-7-21(19)28/h3-6,8-13,15H,7,14,28H2,1-2H3/t15-/m0/s1. The Kier molecular flexibility index (Phi) is 6.00. The Labute approximate surface area is 190 Å². The Morgan fingerprint density at radius 1 is 1.09 bits per heavy atom. The average molecular weight is 451 g/mol. The van der Waals surface area contributed by atoms with Gasteiger partial charge < -0.3 is 15.4 Å². The number of allylic oxidation sites excluding steroid dienone is 5. The van der Waals surface area contributed by atoms with E-state index in [0.29, 0.717) is 29.6 Å². The molecule has 2 N–H and O–H groups in total. The van der Waals surface area contributed by atoms with Gasteiger partial charge >= 0.3 is 6.09 Å². The molecule has 6 nitrogen and oxygen atoms in total. The highest BCUT2D eigenvalue weighted by molar-refractivity contribution is 6.03. The van der Waals surface area contributed by atoms with E-state index in [1.54, 1.807) is 24.0 Å². The molecule has 0 bridgehead atoms. The summed E-state index contributed by atoms with van der Waals surface area (Å²) in [5, 5.41) is 0. The minimum Gasteiger partial charge on any atom is -0.407 e. The fourth-order valence-corrected chi connectivity index (χ4v) is 4.08. The van der Waals surface area contributed by atoms with Crippen LogP contribution in [0.4, 0.5) is 25.0 Å². The van der Waals surface area contributed by atoms with Gasteiger partial charge in [0.1, 0.15) is 5.82 Å². The molecule has 0 unspecified atom stereocenters.